The summed E-state index contributed by atoms with van der Waals surface area (Å²) in [6, 6.07) is 9.25. The summed E-state index contributed by atoms with van der Waals surface area (Å²) in [7, 11) is -3.64. The van der Waals surface area contributed by atoms with E-state index in [-0.39, 0.29) is 4.90 Å². The van der Waals surface area contributed by atoms with Crippen LogP contribution in [0.2, 0.25) is 0 Å². The molecule has 2 aromatic rings. The zero-order chi connectivity index (χ0) is 20.6. The van der Waals surface area contributed by atoms with E-state index >= 15 is 0 Å². The van der Waals surface area contributed by atoms with E-state index in [1.54, 1.807) is 32.0 Å². The molecule has 0 aliphatic rings. The van der Waals surface area contributed by atoms with Gasteiger partial charge in [0.15, 0.2) is 6.61 Å². The van der Waals surface area contributed by atoms with E-state index < -0.39 is 28.5 Å². The van der Waals surface area contributed by atoms with Crippen LogP contribution in [0.15, 0.2) is 58.1 Å². The number of carbonyl (C=O) groups excluding carboxylic acids is 2. The summed E-state index contributed by atoms with van der Waals surface area (Å²) < 4.78 is 36.3. The van der Waals surface area contributed by atoms with Crippen molar-refractivity contribution >= 4 is 33.7 Å². The lowest BCUT2D eigenvalue weighted by atomic mass is 10.3. The number of anilines is 1. The Balaban J connectivity index is 1.94. The molecule has 0 bridgehead atoms. The van der Waals surface area contributed by atoms with E-state index in [1.165, 1.54) is 34.8 Å². The summed E-state index contributed by atoms with van der Waals surface area (Å²) in [5.41, 5.74) is 0.292. The van der Waals surface area contributed by atoms with E-state index in [0.29, 0.717) is 24.5 Å². The highest BCUT2D eigenvalue weighted by molar-refractivity contribution is 7.89. The number of nitrogens with one attached hydrogen (secondary N) is 1. The Morgan fingerprint density at radius 3 is 2.57 bits per heavy atom. The van der Waals surface area contributed by atoms with Crippen LogP contribution in [0, 0.1) is 0 Å². The normalized spacial score (nSPS) is 11.7. The van der Waals surface area contributed by atoms with E-state index in [0.717, 1.165) is 6.08 Å². The topological polar surface area (TPSA) is 106 Å². The number of benzene rings is 1. The fourth-order valence-electron chi connectivity index (χ4n) is 2.37. The van der Waals surface area contributed by atoms with Gasteiger partial charge in [0.25, 0.3) is 5.91 Å². The molecule has 0 atom stereocenters. The summed E-state index contributed by atoms with van der Waals surface area (Å²) in [6.07, 6.45) is 4.03. The average Bonchev–Trinajstić information content (AvgIpc) is 3.19. The number of furan rings is 1. The second-order valence-corrected chi connectivity index (χ2v) is 7.56. The van der Waals surface area contributed by atoms with E-state index in [1.807, 2.05) is 0 Å². The summed E-state index contributed by atoms with van der Waals surface area (Å²) in [4.78, 5) is 23.6. The molecule has 1 N–H and O–H groups in total. The summed E-state index contributed by atoms with van der Waals surface area (Å²) >= 11 is 0. The number of rotatable bonds is 9. The molecule has 0 unspecified atom stereocenters. The largest absolute Gasteiger partial charge is 0.465 e. The molecule has 28 heavy (non-hydrogen) atoms. The minimum atomic E-state index is -3.64. The minimum Gasteiger partial charge on any atom is -0.465 e. The summed E-state index contributed by atoms with van der Waals surface area (Å²) in [5, 5.41) is 2.51. The van der Waals surface area contributed by atoms with Crippen molar-refractivity contribution < 1.29 is 27.2 Å². The number of ether oxygens (including phenoxy) is 1. The molecule has 2 rings (SSSR count). The van der Waals surface area contributed by atoms with Crippen LogP contribution >= 0.6 is 0 Å². The van der Waals surface area contributed by atoms with Gasteiger partial charge in [0.1, 0.15) is 5.76 Å². The first-order valence-electron chi connectivity index (χ1n) is 8.65. The monoisotopic (exact) mass is 406 g/mol. The number of hydrogen-bond acceptors (Lipinski definition) is 6. The quantitative estimate of drug-likeness (QED) is 0.507. The van der Waals surface area contributed by atoms with Crippen molar-refractivity contribution in [2.24, 2.45) is 0 Å². The van der Waals surface area contributed by atoms with Gasteiger partial charge in [-0.1, -0.05) is 19.9 Å². The molecule has 0 spiro atoms. The number of amides is 1. The Kier molecular flexibility index (Phi) is 7.53. The third-order valence-electron chi connectivity index (χ3n) is 3.73. The van der Waals surface area contributed by atoms with Gasteiger partial charge < -0.3 is 14.5 Å². The van der Waals surface area contributed by atoms with Gasteiger partial charge >= 0.3 is 5.97 Å². The van der Waals surface area contributed by atoms with Gasteiger partial charge in [-0.15, -0.1) is 0 Å². The SMILES string of the molecule is CCN(CC)S(=O)(=O)c1cccc(NC(=O)COC(=O)/C=C/c2ccco2)c1. The maximum Gasteiger partial charge on any atom is 0.331 e. The van der Waals surface area contributed by atoms with Crippen molar-refractivity contribution in [1.82, 2.24) is 4.31 Å². The Labute approximate surface area is 163 Å². The highest BCUT2D eigenvalue weighted by atomic mass is 32.2. The van der Waals surface area contributed by atoms with Gasteiger partial charge in [-0.2, -0.15) is 4.31 Å². The lowest BCUT2D eigenvalue weighted by Crippen LogP contribution is -2.30. The molecular formula is C19H22N2O6S. The summed E-state index contributed by atoms with van der Waals surface area (Å²) in [6.45, 7) is 3.69. The van der Waals surface area contributed by atoms with Crippen LogP contribution in [0.1, 0.15) is 19.6 Å². The van der Waals surface area contributed by atoms with Crippen LogP contribution < -0.4 is 5.32 Å². The van der Waals surface area contributed by atoms with Crippen molar-refractivity contribution in [2.75, 3.05) is 25.0 Å². The predicted molar refractivity (Wildman–Crippen MR) is 104 cm³/mol. The number of nitrogens with zero attached hydrogens (tertiary/aromatic N) is 1. The molecule has 1 amide bonds. The molecule has 1 heterocycles. The second kappa shape index (κ2) is 9.86. The Morgan fingerprint density at radius 2 is 1.93 bits per heavy atom. The van der Waals surface area contributed by atoms with Crippen molar-refractivity contribution in [1.29, 1.82) is 0 Å². The number of sulfonamides is 1. The van der Waals surface area contributed by atoms with Crippen LogP contribution in [-0.2, 0) is 24.3 Å². The smallest absolute Gasteiger partial charge is 0.331 e. The maximum absolute atomic E-state index is 12.5. The molecule has 1 aromatic carbocycles. The Morgan fingerprint density at radius 1 is 1.18 bits per heavy atom. The molecule has 8 nitrogen and oxygen atoms in total. The molecule has 0 radical (unpaired) electrons. The highest BCUT2D eigenvalue weighted by Gasteiger charge is 2.21. The first kappa shape index (κ1) is 21.4. The molecule has 1 aromatic heterocycles. The van der Waals surface area contributed by atoms with E-state index in [9.17, 15) is 18.0 Å². The third-order valence-corrected chi connectivity index (χ3v) is 5.78. The molecule has 9 heteroatoms. The van der Waals surface area contributed by atoms with Crippen LogP contribution in [0.5, 0.6) is 0 Å². The minimum absolute atomic E-state index is 0.0763. The third kappa shape index (κ3) is 5.80. The second-order valence-electron chi connectivity index (χ2n) is 5.62. The lowest BCUT2D eigenvalue weighted by Gasteiger charge is -2.18. The van der Waals surface area contributed by atoms with Gasteiger partial charge in [0.2, 0.25) is 10.0 Å². The van der Waals surface area contributed by atoms with Crippen molar-refractivity contribution in [3.05, 3.63) is 54.5 Å². The van der Waals surface area contributed by atoms with E-state index in [4.69, 9.17) is 9.15 Å². The van der Waals surface area contributed by atoms with Gasteiger partial charge in [0, 0.05) is 24.9 Å². The molecule has 150 valence electrons. The molecule has 0 saturated heterocycles. The highest BCUT2D eigenvalue weighted by Crippen LogP contribution is 2.19. The van der Waals surface area contributed by atoms with Crippen LogP contribution in [0.25, 0.3) is 6.08 Å². The molecule has 0 fully saturated rings. The molecule has 0 aliphatic heterocycles. The Hall–Kier alpha value is -2.91. The fourth-order valence-corrected chi connectivity index (χ4v) is 3.87. The van der Waals surface area contributed by atoms with Crippen LogP contribution in [0.3, 0.4) is 0 Å². The van der Waals surface area contributed by atoms with Crippen LogP contribution in [-0.4, -0.2) is 44.3 Å². The number of carbonyl (C=O) groups is 2. The fraction of sp³-hybridized carbons (Fsp3) is 0.263. The van der Waals surface area contributed by atoms with Gasteiger partial charge in [-0.25, -0.2) is 13.2 Å². The van der Waals surface area contributed by atoms with Crippen LogP contribution in [0.4, 0.5) is 5.69 Å². The standard InChI is InChI=1S/C19H22N2O6S/c1-3-21(4-2)28(24,25)17-9-5-7-15(13-17)20-18(22)14-27-19(23)11-10-16-8-6-12-26-16/h5-13H,3-4,14H2,1-2H3,(H,20,22)/b11-10+. The van der Waals surface area contributed by atoms with E-state index in [2.05, 4.69) is 5.32 Å². The zero-order valence-corrected chi connectivity index (χ0v) is 16.4. The number of esters is 1. The molecule has 0 aliphatic carbocycles. The van der Waals surface area contributed by atoms with Gasteiger partial charge in [0.05, 0.1) is 11.2 Å². The van der Waals surface area contributed by atoms with Gasteiger partial charge in [-0.3, -0.25) is 4.79 Å². The first-order valence-corrected chi connectivity index (χ1v) is 10.1. The first-order chi connectivity index (χ1) is 13.4. The van der Waals surface area contributed by atoms with Gasteiger partial charge in [-0.05, 0) is 36.4 Å². The van der Waals surface area contributed by atoms with Crippen molar-refractivity contribution in [3.8, 4) is 0 Å². The lowest BCUT2D eigenvalue weighted by molar-refractivity contribution is -0.142. The average molecular weight is 406 g/mol. The van der Waals surface area contributed by atoms with Crippen molar-refractivity contribution in [3.63, 3.8) is 0 Å². The Bertz CT molecular complexity index is 931. The predicted octanol–water partition coefficient (Wildman–Crippen LogP) is 2.51. The summed E-state index contributed by atoms with van der Waals surface area (Å²) in [5.74, 6) is -0.811. The zero-order valence-electron chi connectivity index (χ0n) is 15.6. The molecule has 0 saturated carbocycles. The maximum atomic E-state index is 12.5. The van der Waals surface area contributed by atoms with Crippen molar-refractivity contribution in [2.45, 2.75) is 18.7 Å². The number of hydrogen-bond donors (Lipinski definition) is 1. The molecular weight excluding hydrogens is 384 g/mol.